The molecule has 2 rings (SSSR count). The van der Waals surface area contributed by atoms with Crippen molar-refractivity contribution >= 4 is 11.7 Å². The molecule has 5 nitrogen and oxygen atoms in total. The third-order valence-electron chi connectivity index (χ3n) is 3.82. The minimum Gasteiger partial charge on any atom is -0.381 e. The van der Waals surface area contributed by atoms with Gasteiger partial charge in [0.25, 0.3) is 5.91 Å². The second-order valence-corrected chi connectivity index (χ2v) is 5.84. The zero-order chi connectivity index (χ0) is 15.2. The molecule has 0 aromatic carbocycles. The number of hydrogen-bond acceptors (Lipinski definition) is 4. The molecule has 1 aromatic rings. The maximum absolute atomic E-state index is 12.3. The lowest BCUT2D eigenvalue weighted by atomic mass is 10.0. The van der Waals surface area contributed by atoms with Crippen LogP contribution in [-0.4, -0.2) is 37.7 Å². The number of hydrogen-bond donors (Lipinski definition) is 2. The van der Waals surface area contributed by atoms with E-state index in [2.05, 4.69) is 29.5 Å². The highest BCUT2D eigenvalue weighted by Crippen LogP contribution is 2.18. The molecule has 1 aromatic heterocycles. The Labute approximate surface area is 126 Å². The molecule has 1 aliphatic rings. The molecule has 0 radical (unpaired) electrons. The van der Waals surface area contributed by atoms with E-state index >= 15 is 0 Å². The second-order valence-electron chi connectivity index (χ2n) is 5.84. The molecule has 0 saturated carbocycles. The van der Waals surface area contributed by atoms with Crippen LogP contribution in [0.25, 0.3) is 0 Å². The van der Waals surface area contributed by atoms with Crippen molar-refractivity contribution in [2.24, 2.45) is 5.92 Å². The lowest BCUT2D eigenvalue weighted by Gasteiger charge is -2.12. The van der Waals surface area contributed by atoms with Crippen molar-refractivity contribution in [3.05, 3.63) is 23.4 Å². The Morgan fingerprint density at radius 2 is 2.29 bits per heavy atom. The third kappa shape index (κ3) is 4.43. The van der Waals surface area contributed by atoms with Gasteiger partial charge in [-0.3, -0.25) is 4.79 Å². The second kappa shape index (κ2) is 7.41. The number of ether oxygens (including phenoxy) is 1. The molecule has 21 heavy (non-hydrogen) atoms. The molecule has 1 unspecified atom stereocenters. The summed E-state index contributed by atoms with van der Waals surface area (Å²) < 4.78 is 5.34. The Hall–Kier alpha value is -1.62. The van der Waals surface area contributed by atoms with Crippen LogP contribution >= 0.6 is 0 Å². The zero-order valence-corrected chi connectivity index (χ0v) is 13.1. The van der Waals surface area contributed by atoms with E-state index in [0.29, 0.717) is 23.9 Å². The summed E-state index contributed by atoms with van der Waals surface area (Å²) >= 11 is 0. The summed E-state index contributed by atoms with van der Waals surface area (Å²) in [6, 6.07) is 3.67. The van der Waals surface area contributed by atoms with Gasteiger partial charge in [-0.1, -0.05) is 13.8 Å². The molecule has 1 saturated heterocycles. The SMILES string of the molecule is CNc1cc(C(=O)NCCC2CCOC2)cc(C(C)C)n1. The molecule has 0 spiro atoms. The summed E-state index contributed by atoms with van der Waals surface area (Å²) in [5.74, 6) is 1.58. The van der Waals surface area contributed by atoms with Gasteiger partial charge >= 0.3 is 0 Å². The van der Waals surface area contributed by atoms with Gasteiger partial charge in [-0.25, -0.2) is 4.98 Å². The van der Waals surface area contributed by atoms with Crippen molar-refractivity contribution < 1.29 is 9.53 Å². The molecular formula is C16H25N3O2. The van der Waals surface area contributed by atoms with Crippen LogP contribution in [0.5, 0.6) is 0 Å². The van der Waals surface area contributed by atoms with Crippen molar-refractivity contribution in [3.8, 4) is 0 Å². The molecule has 0 bridgehead atoms. The standard InChI is InChI=1S/C16H25N3O2/c1-11(2)14-8-13(9-15(17-3)19-14)16(20)18-6-4-12-5-7-21-10-12/h8-9,11-12H,4-7,10H2,1-3H3,(H,17,19)(H,18,20). The van der Waals surface area contributed by atoms with Gasteiger partial charge in [0.15, 0.2) is 0 Å². The van der Waals surface area contributed by atoms with Crippen LogP contribution in [0.3, 0.4) is 0 Å². The van der Waals surface area contributed by atoms with Crippen LogP contribution in [0.1, 0.15) is 48.7 Å². The predicted octanol–water partition coefficient (Wildman–Crippen LogP) is 2.40. The van der Waals surface area contributed by atoms with Gasteiger partial charge in [-0.2, -0.15) is 0 Å². The number of carbonyl (C=O) groups is 1. The average Bonchev–Trinajstić information content (AvgIpc) is 2.99. The largest absolute Gasteiger partial charge is 0.381 e. The lowest BCUT2D eigenvalue weighted by Crippen LogP contribution is -2.26. The van der Waals surface area contributed by atoms with Gasteiger partial charge in [-0.15, -0.1) is 0 Å². The Bertz CT molecular complexity index is 482. The smallest absolute Gasteiger partial charge is 0.251 e. The van der Waals surface area contributed by atoms with Crippen molar-refractivity contribution in [2.45, 2.75) is 32.6 Å². The highest BCUT2D eigenvalue weighted by atomic mass is 16.5. The molecule has 0 aliphatic carbocycles. The van der Waals surface area contributed by atoms with E-state index in [0.717, 1.165) is 37.6 Å². The van der Waals surface area contributed by atoms with Crippen LogP contribution in [0.15, 0.2) is 12.1 Å². The maximum atomic E-state index is 12.3. The summed E-state index contributed by atoms with van der Waals surface area (Å²) in [7, 11) is 1.81. The fraction of sp³-hybridized carbons (Fsp3) is 0.625. The summed E-state index contributed by atoms with van der Waals surface area (Å²) in [5, 5.41) is 6.00. The van der Waals surface area contributed by atoms with Crippen molar-refractivity contribution in [3.63, 3.8) is 0 Å². The highest BCUT2D eigenvalue weighted by molar-refractivity contribution is 5.95. The first-order valence-corrected chi connectivity index (χ1v) is 7.66. The van der Waals surface area contributed by atoms with Gasteiger partial charge < -0.3 is 15.4 Å². The van der Waals surface area contributed by atoms with Crippen LogP contribution < -0.4 is 10.6 Å². The molecule has 1 fully saturated rings. The van der Waals surface area contributed by atoms with E-state index in [4.69, 9.17) is 4.74 Å². The zero-order valence-electron chi connectivity index (χ0n) is 13.1. The molecule has 1 amide bonds. The maximum Gasteiger partial charge on any atom is 0.251 e. The number of carbonyl (C=O) groups excluding carboxylic acids is 1. The van der Waals surface area contributed by atoms with E-state index in [9.17, 15) is 4.79 Å². The van der Waals surface area contributed by atoms with Gasteiger partial charge in [0.05, 0.1) is 0 Å². The first-order chi connectivity index (χ1) is 10.1. The van der Waals surface area contributed by atoms with E-state index in [1.807, 2.05) is 13.1 Å². The van der Waals surface area contributed by atoms with Crippen molar-refractivity contribution in [2.75, 3.05) is 32.1 Å². The quantitative estimate of drug-likeness (QED) is 0.845. The van der Waals surface area contributed by atoms with E-state index < -0.39 is 0 Å². The van der Waals surface area contributed by atoms with Crippen LogP contribution in [0, 0.1) is 5.92 Å². The number of rotatable bonds is 6. The topological polar surface area (TPSA) is 63.2 Å². The van der Waals surface area contributed by atoms with Gasteiger partial charge in [-0.05, 0) is 36.8 Å². The number of pyridine rings is 1. The Morgan fingerprint density at radius 3 is 2.90 bits per heavy atom. The number of nitrogens with one attached hydrogen (secondary N) is 2. The number of amides is 1. The average molecular weight is 291 g/mol. The summed E-state index contributed by atoms with van der Waals surface area (Å²) in [6.45, 7) is 6.52. The van der Waals surface area contributed by atoms with Crippen LogP contribution in [-0.2, 0) is 4.74 Å². The van der Waals surface area contributed by atoms with E-state index in [1.54, 1.807) is 6.07 Å². The molecule has 1 atom stereocenters. The molecule has 116 valence electrons. The summed E-state index contributed by atoms with van der Waals surface area (Å²) in [5.41, 5.74) is 1.59. The van der Waals surface area contributed by atoms with Crippen LogP contribution in [0.2, 0.25) is 0 Å². The monoisotopic (exact) mass is 291 g/mol. The number of anilines is 1. The summed E-state index contributed by atoms with van der Waals surface area (Å²) in [6.07, 6.45) is 2.08. The number of nitrogens with zero attached hydrogens (tertiary/aromatic N) is 1. The normalized spacial score (nSPS) is 18.0. The Kier molecular flexibility index (Phi) is 5.56. The minimum absolute atomic E-state index is 0.0327. The van der Waals surface area contributed by atoms with Gasteiger partial charge in [0.2, 0.25) is 0 Å². The number of aromatic nitrogens is 1. The van der Waals surface area contributed by atoms with Crippen LogP contribution in [0.4, 0.5) is 5.82 Å². The molecule has 1 aliphatic heterocycles. The fourth-order valence-electron chi connectivity index (χ4n) is 2.41. The van der Waals surface area contributed by atoms with E-state index in [-0.39, 0.29) is 5.91 Å². The summed E-state index contributed by atoms with van der Waals surface area (Å²) in [4.78, 5) is 16.7. The van der Waals surface area contributed by atoms with Crippen molar-refractivity contribution in [1.29, 1.82) is 0 Å². The molecule has 2 heterocycles. The molecule has 5 heteroatoms. The lowest BCUT2D eigenvalue weighted by molar-refractivity contribution is 0.0950. The highest BCUT2D eigenvalue weighted by Gasteiger charge is 2.16. The fourth-order valence-corrected chi connectivity index (χ4v) is 2.41. The molecular weight excluding hydrogens is 266 g/mol. The van der Waals surface area contributed by atoms with Gasteiger partial charge in [0, 0.05) is 38.1 Å². The minimum atomic E-state index is -0.0327. The van der Waals surface area contributed by atoms with E-state index in [1.165, 1.54) is 0 Å². The Balaban J connectivity index is 1.95. The first kappa shape index (κ1) is 15.8. The van der Waals surface area contributed by atoms with Crippen molar-refractivity contribution in [1.82, 2.24) is 10.3 Å². The molecule has 2 N–H and O–H groups in total. The third-order valence-corrected chi connectivity index (χ3v) is 3.82. The predicted molar refractivity (Wildman–Crippen MR) is 83.7 cm³/mol. The Morgan fingerprint density at radius 1 is 1.48 bits per heavy atom. The first-order valence-electron chi connectivity index (χ1n) is 7.66. The van der Waals surface area contributed by atoms with Gasteiger partial charge in [0.1, 0.15) is 5.82 Å².